The first-order valence-corrected chi connectivity index (χ1v) is 11.5. The Morgan fingerprint density at radius 2 is 1.81 bits per heavy atom. The zero-order valence-electron chi connectivity index (χ0n) is 20.2. The van der Waals surface area contributed by atoms with Crippen LogP contribution in [0.2, 0.25) is 0 Å². The number of halogens is 3. The molecule has 0 saturated heterocycles. The molecule has 5 N–H and O–H groups in total. The van der Waals surface area contributed by atoms with Gasteiger partial charge in [-0.3, -0.25) is 9.59 Å². The molecule has 4 rings (SSSR count). The van der Waals surface area contributed by atoms with Crippen LogP contribution in [0.1, 0.15) is 12.5 Å². The second kappa shape index (κ2) is 10.7. The van der Waals surface area contributed by atoms with Crippen LogP contribution in [0.3, 0.4) is 0 Å². The van der Waals surface area contributed by atoms with E-state index in [0.29, 0.717) is 35.0 Å². The molecule has 0 spiro atoms. The van der Waals surface area contributed by atoms with Crippen molar-refractivity contribution >= 4 is 34.0 Å². The number of rotatable bonds is 8. The number of amides is 1. The van der Waals surface area contributed by atoms with Crippen LogP contribution < -0.4 is 27.2 Å². The minimum Gasteiger partial charge on any atom is -0.374 e. The van der Waals surface area contributed by atoms with Gasteiger partial charge in [-0.05, 0) is 37.3 Å². The minimum atomic E-state index is -0.932. The lowest BCUT2D eigenvalue weighted by molar-refractivity contribution is -0.114. The Balaban J connectivity index is 1.63. The van der Waals surface area contributed by atoms with Gasteiger partial charge in [-0.25, -0.2) is 18.2 Å². The molecule has 8 nitrogen and oxygen atoms in total. The van der Waals surface area contributed by atoms with E-state index in [4.69, 9.17) is 5.73 Å². The van der Waals surface area contributed by atoms with Crippen LogP contribution in [-0.2, 0) is 17.9 Å². The summed E-state index contributed by atoms with van der Waals surface area (Å²) in [6.45, 7) is 1.69. The van der Waals surface area contributed by atoms with Gasteiger partial charge in [0.15, 0.2) is 0 Å². The monoisotopic (exact) mass is 510 g/mol. The molecule has 0 bridgehead atoms. The summed E-state index contributed by atoms with van der Waals surface area (Å²) in [5.74, 6) is -2.33. The summed E-state index contributed by atoms with van der Waals surface area (Å²) in [7, 11) is 1.71. The average molecular weight is 511 g/mol. The first-order chi connectivity index (χ1) is 17.7. The molecule has 0 atom stereocenters. The highest BCUT2D eigenvalue weighted by molar-refractivity contribution is 5.94. The number of hydrogen-bond donors (Lipinski definition) is 4. The molecule has 0 saturated carbocycles. The molecule has 37 heavy (non-hydrogen) atoms. The van der Waals surface area contributed by atoms with Crippen LogP contribution in [0.4, 0.5) is 30.4 Å². The van der Waals surface area contributed by atoms with E-state index in [0.717, 1.165) is 6.07 Å². The van der Waals surface area contributed by atoms with Gasteiger partial charge in [0, 0.05) is 60.7 Å². The summed E-state index contributed by atoms with van der Waals surface area (Å²) in [5.41, 5.74) is 5.93. The molecule has 0 fully saturated rings. The highest BCUT2D eigenvalue weighted by atomic mass is 19.1. The molecule has 0 aliphatic rings. The number of carbonyl (C=O) groups is 1. The quantitative estimate of drug-likeness (QED) is 0.284. The van der Waals surface area contributed by atoms with Crippen molar-refractivity contribution in [2.45, 2.75) is 20.0 Å². The molecule has 0 aliphatic heterocycles. The van der Waals surface area contributed by atoms with E-state index in [-0.39, 0.29) is 35.5 Å². The van der Waals surface area contributed by atoms with Crippen molar-refractivity contribution in [1.82, 2.24) is 9.55 Å². The number of aromatic nitrogens is 2. The number of nitrogens with zero attached hydrogens (tertiary/aromatic N) is 2. The van der Waals surface area contributed by atoms with E-state index in [1.165, 1.54) is 28.8 Å². The maximum Gasteiger partial charge on any atom is 0.259 e. The number of aryl methyl sites for hydroxylation is 1. The lowest BCUT2D eigenvalue weighted by atomic mass is 10.0. The first-order valence-electron chi connectivity index (χ1n) is 11.5. The summed E-state index contributed by atoms with van der Waals surface area (Å²) >= 11 is 0. The van der Waals surface area contributed by atoms with E-state index in [9.17, 15) is 22.8 Å². The number of hydrogen-bond acceptors (Lipinski definition) is 6. The molecular formula is C26H25F3N6O2. The molecule has 0 aliphatic carbocycles. The highest BCUT2D eigenvalue weighted by Crippen LogP contribution is 2.29. The first kappa shape index (κ1) is 25.7. The number of fused-ring (bicyclic) bond motifs is 1. The lowest BCUT2D eigenvalue weighted by Gasteiger charge is -2.14. The van der Waals surface area contributed by atoms with Crippen molar-refractivity contribution in [3.63, 3.8) is 0 Å². The Hall–Kier alpha value is -4.38. The third-order valence-corrected chi connectivity index (χ3v) is 5.89. The summed E-state index contributed by atoms with van der Waals surface area (Å²) in [6, 6.07) is 8.98. The van der Waals surface area contributed by atoms with Gasteiger partial charge in [-0.1, -0.05) is 0 Å². The van der Waals surface area contributed by atoms with Gasteiger partial charge >= 0.3 is 0 Å². The molecule has 0 radical (unpaired) electrons. The third-order valence-electron chi connectivity index (χ3n) is 5.89. The highest BCUT2D eigenvalue weighted by Gasteiger charge is 2.18. The van der Waals surface area contributed by atoms with Crippen LogP contribution in [-0.4, -0.2) is 29.1 Å². The predicted octanol–water partition coefficient (Wildman–Crippen LogP) is 4.05. The molecule has 192 valence electrons. The second-order valence-electron chi connectivity index (χ2n) is 8.21. The maximum atomic E-state index is 14.9. The SMILES string of the molecule is CCn1c(=O)c(-c2cc(NCC(=O)Nc3ccc(F)c(CN)c3)c(F)cc2F)cc2cnc(NC)cc21. The van der Waals surface area contributed by atoms with E-state index in [1.54, 1.807) is 26.2 Å². The van der Waals surface area contributed by atoms with Gasteiger partial charge in [-0.15, -0.1) is 0 Å². The topological polar surface area (TPSA) is 114 Å². The summed E-state index contributed by atoms with van der Waals surface area (Å²) in [5, 5.41) is 8.70. The van der Waals surface area contributed by atoms with Crippen molar-refractivity contribution < 1.29 is 18.0 Å². The number of pyridine rings is 2. The van der Waals surface area contributed by atoms with Crippen LogP contribution in [0.5, 0.6) is 0 Å². The predicted molar refractivity (Wildman–Crippen MR) is 138 cm³/mol. The van der Waals surface area contributed by atoms with Crippen molar-refractivity contribution in [2.75, 3.05) is 29.5 Å². The molecule has 2 aromatic carbocycles. The summed E-state index contributed by atoms with van der Waals surface area (Å²) in [4.78, 5) is 29.9. The van der Waals surface area contributed by atoms with Crippen molar-refractivity contribution in [1.29, 1.82) is 0 Å². The normalized spacial score (nSPS) is 11.0. The molecule has 0 unspecified atom stereocenters. The van der Waals surface area contributed by atoms with E-state index in [1.807, 2.05) is 0 Å². The fourth-order valence-corrected chi connectivity index (χ4v) is 4.00. The number of benzene rings is 2. The van der Waals surface area contributed by atoms with E-state index < -0.39 is 28.9 Å². The average Bonchev–Trinajstić information content (AvgIpc) is 2.89. The van der Waals surface area contributed by atoms with Crippen LogP contribution in [0.25, 0.3) is 22.0 Å². The Morgan fingerprint density at radius 1 is 1.03 bits per heavy atom. The molecular weight excluding hydrogens is 485 g/mol. The number of nitrogens with one attached hydrogen (secondary N) is 3. The standard InChI is InChI=1S/C26H25F3N6O2/c1-3-35-23-10-24(31-2)33-12-15(23)7-18(26(35)37)17-8-22(21(29)9-20(17)28)32-13-25(36)34-16-4-5-19(27)14(6-16)11-30/h4-10,12,32H,3,11,13,30H2,1-2H3,(H,31,33)(H,34,36). The van der Waals surface area contributed by atoms with Crippen molar-refractivity contribution in [3.05, 3.63) is 82.0 Å². The Bertz CT molecular complexity index is 1550. The van der Waals surface area contributed by atoms with Crippen LogP contribution in [0, 0.1) is 17.5 Å². The molecule has 4 aromatic rings. The summed E-state index contributed by atoms with van der Waals surface area (Å²) in [6.07, 6.45) is 1.56. The Labute approximate surface area is 210 Å². The molecule has 2 aromatic heterocycles. The smallest absolute Gasteiger partial charge is 0.259 e. The van der Waals surface area contributed by atoms with Gasteiger partial charge < -0.3 is 26.3 Å². The largest absolute Gasteiger partial charge is 0.374 e. The Morgan fingerprint density at radius 3 is 2.51 bits per heavy atom. The zero-order chi connectivity index (χ0) is 26.7. The maximum absolute atomic E-state index is 14.9. The van der Waals surface area contributed by atoms with Gasteiger partial charge in [0.2, 0.25) is 5.91 Å². The van der Waals surface area contributed by atoms with Gasteiger partial charge in [0.25, 0.3) is 5.56 Å². The van der Waals surface area contributed by atoms with Crippen LogP contribution >= 0.6 is 0 Å². The molecule has 11 heteroatoms. The molecule has 1 amide bonds. The summed E-state index contributed by atoms with van der Waals surface area (Å²) < 4.78 is 44.5. The zero-order valence-corrected chi connectivity index (χ0v) is 20.2. The molecule has 2 heterocycles. The van der Waals surface area contributed by atoms with E-state index in [2.05, 4.69) is 20.9 Å². The third kappa shape index (κ3) is 5.26. The van der Waals surface area contributed by atoms with Gasteiger partial charge in [0.1, 0.15) is 23.3 Å². The Kier molecular flexibility index (Phi) is 7.44. The lowest BCUT2D eigenvalue weighted by Crippen LogP contribution is -2.23. The number of carbonyl (C=O) groups excluding carboxylic acids is 1. The van der Waals surface area contributed by atoms with Gasteiger partial charge in [-0.2, -0.15) is 0 Å². The number of anilines is 3. The second-order valence-corrected chi connectivity index (χ2v) is 8.21. The fraction of sp³-hybridized carbons (Fsp3) is 0.192. The van der Waals surface area contributed by atoms with Crippen molar-refractivity contribution in [2.24, 2.45) is 5.73 Å². The number of nitrogens with two attached hydrogens (primary N) is 1. The van der Waals surface area contributed by atoms with Gasteiger partial charge in [0.05, 0.1) is 23.3 Å². The van der Waals surface area contributed by atoms with E-state index >= 15 is 0 Å². The minimum absolute atomic E-state index is 0.0268. The van der Waals surface area contributed by atoms with Crippen molar-refractivity contribution in [3.8, 4) is 11.1 Å². The fourth-order valence-electron chi connectivity index (χ4n) is 4.00. The van der Waals surface area contributed by atoms with Crippen LogP contribution in [0.15, 0.2) is 53.5 Å².